The Balaban J connectivity index is 1.41. The maximum Gasteiger partial charge on any atom is 0.259 e. The summed E-state index contributed by atoms with van der Waals surface area (Å²) in [6, 6.07) is 17.9. The molecule has 4 aromatic carbocycles. The molecule has 192 valence electrons. The Bertz CT molecular complexity index is 1620. The number of aliphatic imine (C=N–C) groups is 1. The van der Waals surface area contributed by atoms with E-state index in [2.05, 4.69) is 15.6 Å². The molecule has 6 N–H and O–H groups in total. The normalized spacial score (nSPS) is 16.5. The first-order chi connectivity index (χ1) is 18.2. The molecule has 4 aromatic rings. The van der Waals surface area contributed by atoms with Gasteiger partial charge in [-0.05, 0) is 43.3 Å². The van der Waals surface area contributed by atoms with Gasteiger partial charge in [0.05, 0.1) is 11.1 Å². The van der Waals surface area contributed by atoms with Gasteiger partial charge in [0.2, 0.25) is 5.90 Å². The van der Waals surface area contributed by atoms with E-state index in [4.69, 9.17) is 4.74 Å². The monoisotopic (exact) mass is 513 g/mol. The number of aromatic hydroxyl groups is 4. The van der Waals surface area contributed by atoms with E-state index in [9.17, 15) is 30.0 Å². The SMILES string of the molecule is CC1OC(c2cccc(O)c2O)=NC1C(=O)Nc1cccc2c(NC(=O)c3cccc(O)c3O)cccc12. The molecule has 0 radical (unpaired) electrons. The molecule has 0 spiro atoms. The van der Waals surface area contributed by atoms with Crippen molar-refractivity contribution in [2.75, 3.05) is 10.6 Å². The summed E-state index contributed by atoms with van der Waals surface area (Å²) in [5, 5.41) is 46.5. The number of phenols is 4. The summed E-state index contributed by atoms with van der Waals surface area (Å²) in [6.07, 6.45) is -0.633. The second-order valence-electron chi connectivity index (χ2n) is 8.70. The van der Waals surface area contributed by atoms with Crippen LogP contribution in [0, 0.1) is 0 Å². The van der Waals surface area contributed by atoms with Crippen molar-refractivity contribution < 1.29 is 34.8 Å². The zero-order valence-electron chi connectivity index (χ0n) is 20.0. The van der Waals surface area contributed by atoms with Crippen LogP contribution >= 0.6 is 0 Å². The molecule has 1 aliphatic rings. The Hall–Kier alpha value is -5.25. The molecule has 2 unspecified atom stereocenters. The van der Waals surface area contributed by atoms with Crippen LogP contribution in [0.25, 0.3) is 10.8 Å². The number of phenolic OH excluding ortho intramolecular Hbond substituents is 4. The van der Waals surface area contributed by atoms with Gasteiger partial charge in [-0.1, -0.05) is 36.4 Å². The number of amides is 2. The topological polar surface area (TPSA) is 161 Å². The predicted molar refractivity (Wildman–Crippen MR) is 141 cm³/mol. The lowest BCUT2D eigenvalue weighted by Gasteiger charge is -2.16. The second-order valence-corrected chi connectivity index (χ2v) is 8.70. The fourth-order valence-electron chi connectivity index (χ4n) is 4.25. The van der Waals surface area contributed by atoms with Gasteiger partial charge in [-0.2, -0.15) is 0 Å². The molecule has 0 aromatic heterocycles. The van der Waals surface area contributed by atoms with Gasteiger partial charge in [-0.3, -0.25) is 9.59 Å². The minimum atomic E-state index is -0.918. The highest BCUT2D eigenvalue weighted by molar-refractivity contribution is 6.14. The van der Waals surface area contributed by atoms with E-state index < -0.39 is 35.5 Å². The molecule has 0 saturated carbocycles. The second kappa shape index (κ2) is 9.66. The van der Waals surface area contributed by atoms with E-state index in [0.29, 0.717) is 22.1 Å². The standard InChI is InChI=1S/C28H23N3O7/c1-14-23(31-28(38-14)18-9-5-13-22(33)25(18)35)27(37)30-20-11-3-6-15-16(20)7-2-10-19(15)29-26(36)17-8-4-12-21(32)24(17)34/h2-14,23,32-35H,1H3,(H,29,36)(H,30,37). The molecule has 10 heteroatoms. The third-order valence-corrected chi connectivity index (χ3v) is 6.20. The third-order valence-electron chi connectivity index (χ3n) is 6.20. The Labute approximate surface area is 216 Å². The number of nitrogens with one attached hydrogen (secondary N) is 2. The molecular weight excluding hydrogens is 490 g/mol. The summed E-state index contributed by atoms with van der Waals surface area (Å²) in [4.78, 5) is 30.3. The molecule has 0 fully saturated rings. The summed E-state index contributed by atoms with van der Waals surface area (Å²) in [5.41, 5.74) is 0.993. The Morgan fingerprint density at radius 2 is 1.34 bits per heavy atom. The van der Waals surface area contributed by atoms with Crippen molar-refractivity contribution in [3.8, 4) is 23.0 Å². The molecule has 38 heavy (non-hydrogen) atoms. The van der Waals surface area contributed by atoms with Gasteiger partial charge >= 0.3 is 0 Å². The Morgan fingerprint density at radius 3 is 2.03 bits per heavy atom. The van der Waals surface area contributed by atoms with Crippen LogP contribution < -0.4 is 10.6 Å². The van der Waals surface area contributed by atoms with Crippen LogP contribution in [0.4, 0.5) is 11.4 Å². The maximum atomic E-state index is 13.2. The van der Waals surface area contributed by atoms with Gasteiger partial charge < -0.3 is 35.8 Å². The minimum Gasteiger partial charge on any atom is -0.504 e. The first-order valence-electron chi connectivity index (χ1n) is 11.6. The number of anilines is 2. The number of para-hydroxylation sites is 2. The number of rotatable bonds is 5. The van der Waals surface area contributed by atoms with E-state index in [0.717, 1.165) is 0 Å². The van der Waals surface area contributed by atoms with E-state index in [1.807, 2.05) is 0 Å². The fourth-order valence-corrected chi connectivity index (χ4v) is 4.25. The van der Waals surface area contributed by atoms with Crippen molar-refractivity contribution in [2.24, 2.45) is 4.99 Å². The quantitative estimate of drug-likeness (QED) is 0.219. The highest BCUT2D eigenvalue weighted by atomic mass is 16.5. The van der Waals surface area contributed by atoms with E-state index in [-0.39, 0.29) is 28.5 Å². The van der Waals surface area contributed by atoms with Crippen LogP contribution in [0.15, 0.2) is 77.8 Å². The maximum absolute atomic E-state index is 13.2. The summed E-state index contributed by atoms with van der Waals surface area (Å²) in [6.45, 7) is 1.67. The number of benzene rings is 4. The highest BCUT2D eigenvalue weighted by Crippen LogP contribution is 2.34. The Morgan fingerprint density at radius 1 is 0.763 bits per heavy atom. The number of carbonyl (C=O) groups is 2. The summed E-state index contributed by atoms with van der Waals surface area (Å²) < 4.78 is 5.70. The fraction of sp³-hybridized carbons (Fsp3) is 0.107. The average molecular weight is 514 g/mol. The third kappa shape index (κ3) is 4.39. The molecular formula is C28H23N3O7. The molecule has 1 heterocycles. The van der Waals surface area contributed by atoms with Crippen LogP contribution in [0.1, 0.15) is 22.8 Å². The number of carbonyl (C=O) groups excluding carboxylic acids is 2. The van der Waals surface area contributed by atoms with Crippen LogP contribution in [0.2, 0.25) is 0 Å². The smallest absolute Gasteiger partial charge is 0.259 e. The van der Waals surface area contributed by atoms with Gasteiger partial charge in [0.25, 0.3) is 11.8 Å². The lowest BCUT2D eigenvalue weighted by Crippen LogP contribution is -2.33. The van der Waals surface area contributed by atoms with Crippen molar-refractivity contribution in [2.45, 2.75) is 19.1 Å². The number of ether oxygens (including phenoxy) is 1. The van der Waals surface area contributed by atoms with Crippen molar-refractivity contribution in [3.05, 3.63) is 83.9 Å². The van der Waals surface area contributed by atoms with Crippen molar-refractivity contribution in [1.29, 1.82) is 0 Å². The van der Waals surface area contributed by atoms with Gasteiger partial charge in [0.15, 0.2) is 29.0 Å². The van der Waals surface area contributed by atoms with Gasteiger partial charge in [0, 0.05) is 22.1 Å². The molecule has 2 amide bonds. The molecule has 1 aliphatic heterocycles. The number of hydrogen-bond acceptors (Lipinski definition) is 8. The lowest BCUT2D eigenvalue weighted by molar-refractivity contribution is -0.118. The number of hydrogen-bond donors (Lipinski definition) is 6. The van der Waals surface area contributed by atoms with Crippen molar-refractivity contribution in [3.63, 3.8) is 0 Å². The van der Waals surface area contributed by atoms with Crippen molar-refractivity contribution >= 4 is 39.9 Å². The Kier molecular flexibility index (Phi) is 6.21. The molecule has 0 saturated heterocycles. The molecule has 0 aliphatic carbocycles. The number of fused-ring (bicyclic) bond motifs is 1. The van der Waals surface area contributed by atoms with Gasteiger partial charge in [-0.15, -0.1) is 0 Å². The van der Waals surface area contributed by atoms with Gasteiger partial charge in [0.1, 0.15) is 6.10 Å². The predicted octanol–water partition coefficient (Wildman–Crippen LogP) is 4.09. The van der Waals surface area contributed by atoms with Crippen LogP contribution in [-0.2, 0) is 9.53 Å². The molecule has 10 nitrogen and oxygen atoms in total. The average Bonchev–Trinajstić information content (AvgIpc) is 3.29. The minimum absolute atomic E-state index is 0.0455. The molecule has 2 atom stereocenters. The van der Waals surface area contributed by atoms with Crippen LogP contribution in [-0.4, -0.2) is 50.3 Å². The first-order valence-corrected chi connectivity index (χ1v) is 11.6. The van der Waals surface area contributed by atoms with Gasteiger partial charge in [-0.25, -0.2) is 4.99 Å². The largest absolute Gasteiger partial charge is 0.504 e. The summed E-state index contributed by atoms with van der Waals surface area (Å²) in [7, 11) is 0. The highest BCUT2D eigenvalue weighted by Gasteiger charge is 2.35. The lowest BCUT2D eigenvalue weighted by atomic mass is 10.1. The summed E-state index contributed by atoms with van der Waals surface area (Å²) in [5.74, 6) is -2.66. The zero-order chi connectivity index (χ0) is 27.0. The molecule has 0 bridgehead atoms. The van der Waals surface area contributed by atoms with E-state index >= 15 is 0 Å². The van der Waals surface area contributed by atoms with Crippen LogP contribution in [0.3, 0.4) is 0 Å². The summed E-state index contributed by atoms with van der Waals surface area (Å²) >= 11 is 0. The number of nitrogens with zero attached hydrogens (tertiary/aromatic N) is 1. The van der Waals surface area contributed by atoms with Crippen LogP contribution in [0.5, 0.6) is 23.0 Å². The van der Waals surface area contributed by atoms with E-state index in [1.165, 1.54) is 36.4 Å². The van der Waals surface area contributed by atoms with Crippen molar-refractivity contribution in [1.82, 2.24) is 0 Å². The first kappa shape index (κ1) is 24.4. The zero-order valence-corrected chi connectivity index (χ0v) is 20.0. The molecule has 5 rings (SSSR count). The van der Waals surface area contributed by atoms with E-state index in [1.54, 1.807) is 43.3 Å².